The molecule has 2 heterocycles. The van der Waals surface area contributed by atoms with Crippen LogP contribution in [0.3, 0.4) is 0 Å². The summed E-state index contributed by atoms with van der Waals surface area (Å²) in [6.45, 7) is 4.36. The van der Waals surface area contributed by atoms with Gasteiger partial charge in [-0.1, -0.05) is 48.5 Å². The van der Waals surface area contributed by atoms with Crippen LogP contribution in [-0.2, 0) is 25.6 Å². The normalized spacial score (nSPS) is 15.8. The molecule has 4 rings (SSSR count). The molecular formula is C31H32N4O6. The van der Waals surface area contributed by atoms with Crippen LogP contribution in [0.4, 0.5) is 5.69 Å². The smallest absolute Gasteiger partial charge is 0.337 e. The van der Waals surface area contributed by atoms with Crippen LogP contribution in [-0.4, -0.2) is 47.4 Å². The van der Waals surface area contributed by atoms with Crippen molar-refractivity contribution in [1.29, 1.82) is 0 Å². The average Bonchev–Trinajstić information content (AvgIpc) is 2.97. The minimum atomic E-state index is -0.956. The third-order valence-electron chi connectivity index (χ3n) is 6.84. The molecule has 0 saturated carbocycles. The summed E-state index contributed by atoms with van der Waals surface area (Å²) in [6, 6.07) is 21.2. The lowest BCUT2D eigenvalue weighted by atomic mass is 9.80. The van der Waals surface area contributed by atoms with Crippen molar-refractivity contribution in [3.05, 3.63) is 128 Å². The molecule has 3 aromatic rings. The number of esters is 2. The van der Waals surface area contributed by atoms with Gasteiger partial charge in [-0.25, -0.2) is 9.59 Å². The zero-order valence-corrected chi connectivity index (χ0v) is 23.4. The van der Waals surface area contributed by atoms with E-state index in [4.69, 9.17) is 9.47 Å². The Hall–Kier alpha value is -4.83. The third-order valence-corrected chi connectivity index (χ3v) is 6.84. The number of non-ortho nitro benzene ring substituents is 1. The lowest BCUT2D eigenvalue weighted by Gasteiger charge is -2.31. The van der Waals surface area contributed by atoms with Crippen molar-refractivity contribution >= 4 is 17.6 Å². The van der Waals surface area contributed by atoms with E-state index in [0.717, 1.165) is 5.56 Å². The van der Waals surface area contributed by atoms with E-state index in [1.54, 1.807) is 38.2 Å². The highest BCUT2D eigenvalue weighted by atomic mass is 16.6. The third kappa shape index (κ3) is 6.85. The maximum absolute atomic E-state index is 14.0. The number of hydrogen-bond acceptors (Lipinski definition) is 9. The van der Waals surface area contributed by atoms with Gasteiger partial charge in [-0.2, -0.15) is 0 Å². The molecule has 1 N–H and O–H groups in total. The van der Waals surface area contributed by atoms with E-state index in [9.17, 15) is 19.7 Å². The topological polar surface area (TPSA) is 124 Å². The number of likely N-dealkylation sites (N-methyl/N-ethyl adjacent to an activating group) is 1. The van der Waals surface area contributed by atoms with Crippen LogP contribution in [0.15, 0.2) is 102 Å². The van der Waals surface area contributed by atoms with Crippen LogP contribution >= 0.6 is 0 Å². The minimum absolute atomic E-state index is 0.156. The molecule has 10 heteroatoms. The molecule has 1 aliphatic rings. The summed E-state index contributed by atoms with van der Waals surface area (Å²) in [4.78, 5) is 44.5. The number of allylic oxidation sites excluding steroid dienone is 2. The molecule has 41 heavy (non-hydrogen) atoms. The van der Waals surface area contributed by atoms with Crippen LogP contribution in [0.1, 0.15) is 42.7 Å². The summed E-state index contributed by atoms with van der Waals surface area (Å²) in [7, 11) is 3.17. The summed E-state index contributed by atoms with van der Waals surface area (Å²) in [6.07, 6.45) is 0.894. The Morgan fingerprint density at radius 3 is 2.32 bits per heavy atom. The summed E-state index contributed by atoms with van der Waals surface area (Å²) in [5.74, 6) is -2.29. The maximum atomic E-state index is 14.0. The molecule has 10 nitrogen and oxygen atoms in total. The fourth-order valence-electron chi connectivity index (χ4n) is 4.99. The molecule has 2 aromatic carbocycles. The van der Waals surface area contributed by atoms with Crippen molar-refractivity contribution in [2.75, 3.05) is 20.7 Å². The van der Waals surface area contributed by atoms with Gasteiger partial charge in [-0.05, 0) is 44.2 Å². The molecule has 0 spiro atoms. The molecule has 0 amide bonds. The molecule has 0 radical (unpaired) electrons. The first kappa shape index (κ1) is 29.2. The Morgan fingerprint density at radius 1 is 1.00 bits per heavy atom. The second kappa shape index (κ2) is 13.0. The Morgan fingerprint density at radius 2 is 1.68 bits per heavy atom. The molecule has 212 valence electrons. The molecule has 0 aliphatic carbocycles. The molecule has 1 aromatic heterocycles. The Bertz CT molecular complexity index is 1490. The Labute approximate surface area is 238 Å². The number of rotatable bonds is 10. The summed E-state index contributed by atoms with van der Waals surface area (Å²) >= 11 is 0. The fraction of sp³-hybridized carbons (Fsp3) is 0.258. The van der Waals surface area contributed by atoms with E-state index in [0.29, 0.717) is 35.7 Å². The van der Waals surface area contributed by atoms with Crippen molar-refractivity contribution in [3.8, 4) is 0 Å². The van der Waals surface area contributed by atoms with E-state index in [1.165, 1.54) is 25.3 Å². The zero-order chi connectivity index (χ0) is 29.5. The van der Waals surface area contributed by atoms with Gasteiger partial charge in [0.1, 0.15) is 0 Å². The first-order chi connectivity index (χ1) is 19.7. The number of nitro groups is 1. The van der Waals surface area contributed by atoms with Crippen molar-refractivity contribution in [1.82, 2.24) is 15.2 Å². The number of dihydropyridines is 1. The molecular weight excluding hydrogens is 524 g/mol. The van der Waals surface area contributed by atoms with Gasteiger partial charge >= 0.3 is 11.9 Å². The quantitative estimate of drug-likeness (QED) is 0.213. The summed E-state index contributed by atoms with van der Waals surface area (Å²) in [5.41, 5.74) is 3.16. The van der Waals surface area contributed by atoms with Crippen LogP contribution in [0, 0.1) is 10.1 Å². The Balaban J connectivity index is 1.71. The van der Waals surface area contributed by atoms with E-state index in [2.05, 4.69) is 10.3 Å². The number of ether oxygens (including phenoxy) is 2. The highest BCUT2D eigenvalue weighted by molar-refractivity contribution is 6.00. The highest BCUT2D eigenvalue weighted by Crippen LogP contribution is 2.40. The van der Waals surface area contributed by atoms with Crippen LogP contribution in [0.5, 0.6) is 0 Å². The number of methoxy groups -OCH3 is 1. The van der Waals surface area contributed by atoms with Gasteiger partial charge in [0.25, 0.3) is 5.69 Å². The van der Waals surface area contributed by atoms with Crippen molar-refractivity contribution < 1.29 is 24.0 Å². The number of nitro benzene ring substituents is 1. The second-order valence-electron chi connectivity index (χ2n) is 9.81. The number of benzene rings is 2. The van der Waals surface area contributed by atoms with Gasteiger partial charge in [0.15, 0.2) is 6.10 Å². The predicted molar refractivity (Wildman–Crippen MR) is 152 cm³/mol. The predicted octanol–water partition coefficient (Wildman–Crippen LogP) is 4.81. The van der Waals surface area contributed by atoms with E-state index < -0.39 is 28.9 Å². The number of nitrogens with zero attached hydrogens (tertiary/aromatic N) is 3. The number of aromatic nitrogens is 1. The van der Waals surface area contributed by atoms with E-state index in [-0.39, 0.29) is 16.8 Å². The zero-order valence-electron chi connectivity index (χ0n) is 23.4. The molecule has 0 fully saturated rings. The maximum Gasteiger partial charge on any atom is 0.337 e. The number of hydrogen-bond donors (Lipinski definition) is 1. The number of nitrogens with one attached hydrogen (secondary N) is 1. The van der Waals surface area contributed by atoms with Gasteiger partial charge in [-0.3, -0.25) is 20.0 Å². The lowest BCUT2D eigenvalue weighted by Crippen LogP contribution is -2.34. The van der Waals surface area contributed by atoms with E-state index in [1.807, 2.05) is 48.3 Å². The average molecular weight is 557 g/mol. The van der Waals surface area contributed by atoms with Gasteiger partial charge in [0.05, 0.1) is 34.8 Å². The first-order valence-corrected chi connectivity index (χ1v) is 13.0. The van der Waals surface area contributed by atoms with Crippen molar-refractivity contribution in [2.45, 2.75) is 32.4 Å². The standard InChI is InChI=1S/C31H32N4O6/c1-20-27(30(36)40-4)29(23-13-10-14-24(17-23)35(38)39)28(21(2)33-20)31(37)41-26(25-15-8-9-16-32-25)19-34(3)18-22-11-6-5-7-12-22/h5-17,26,29,33H,18-19H2,1-4H3. The lowest BCUT2D eigenvalue weighted by molar-refractivity contribution is -0.384. The molecule has 0 bridgehead atoms. The van der Waals surface area contributed by atoms with Crippen LogP contribution < -0.4 is 5.32 Å². The SMILES string of the molecule is COC(=O)C1=C(C)NC(C)=C(C(=O)OC(CN(C)Cc2ccccc2)c2ccccn2)C1c1cccc([N+](=O)[O-])c1. The summed E-state index contributed by atoms with van der Waals surface area (Å²) < 4.78 is 11.2. The number of carbonyl (C=O) groups is 2. The molecule has 0 saturated heterocycles. The Kier molecular flexibility index (Phi) is 9.26. The van der Waals surface area contributed by atoms with Gasteiger partial charge < -0.3 is 14.8 Å². The summed E-state index contributed by atoms with van der Waals surface area (Å²) in [5, 5.41) is 14.7. The monoisotopic (exact) mass is 556 g/mol. The highest BCUT2D eigenvalue weighted by Gasteiger charge is 2.39. The van der Waals surface area contributed by atoms with Crippen molar-refractivity contribution in [3.63, 3.8) is 0 Å². The van der Waals surface area contributed by atoms with Gasteiger partial charge in [-0.15, -0.1) is 0 Å². The van der Waals surface area contributed by atoms with Crippen molar-refractivity contribution in [2.24, 2.45) is 0 Å². The largest absolute Gasteiger partial charge is 0.466 e. The number of pyridine rings is 1. The van der Waals surface area contributed by atoms with Gasteiger partial charge in [0.2, 0.25) is 0 Å². The van der Waals surface area contributed by atoms with Crippen LogP contribution in [0.2, 0.25) is 0 Å². The first-order valence-electron chi connectivity index (χ1n) is 13.0. The molecule has 2 unspecified atom stereocenters. The number of carbonyl (C=O) groups excluding carboxylic acids is 2. The molecule has 1 aliphatic heterocycles. The minimum Gasteiger partial charge on any atom is -0.466 e. The fourth-order valence-corrected chi connectivity index (χ4v) is 4.99. The second-order valence-corrected chi connectivity index (χ2v) is 9.81. The van der Waals surface area contributed by atoms with E-state index >= 15 is 0 Å². The molecule has 2 atom stereocenters. The van der Waals surface area contributed by atoms with Gasteiger partial charge in [0, 0.05) is 42.8 Å². The van der Waals surface area contributed by atoms with Crippen LogP contribution in [0.25, 0.3) is 0 Å².